The minimum atomic E-state index is -0.323. The third kappa shape index (κ3) is 5.23. The van der Waals surface area contributed by atoms with Gasteiger partial charge in [0.15, 0.2) is 0 Å². The van der Waals surface area contributed by atoms with Gasteiger partial charge in [0, 0.05) is 27.6 Å². The lowest BCUT2D eigenvalue weighted by atomic mass is 9.70. The van der Waals surface area contributed by atoms with Crippen molar-refractivity contribution in [1.29, 1.82) is 0 Å². The fraction of sp³-hybridized carbons (Fsp3) is 0.100. The molecule has 0 bridgehead atoms. The van der Waals surface area contributed by atoms with Crippen molar-refractivity contribution >= 4 is 66.4 Å². The first kappa shape index (κ1) is 36.4. The average molecular weight is 795 g/mol. The summed E-state index contributed by atoms with van der Waals surface area (Å²) in [5, 5.41) is 7.47. The summed E-state index contributed by atoms with van der Waals surface area (Å²) < 4.78 is 0. The molecule has 10 aromatic rings. The van der Waals surface area contributed by atoms with Crippen LogP contribution in [0, 0.1) is 0 Å². The van der Waals surface area contributed by atoms with Crippen molar-refractivity contribution in [2.45, 2.75) is 38.5 Å². The van der Waals surface area contributed by atoms with E-state index in [0.29, 0.717) is 0 Å². The van der Waals surface area contributed by atoms with E-state index in [2.05, 4.69) is 244 Å². The molecule has 0 N–H and O–H groups in total. The Kier molecular flexibility index (Phi) is 7.96. The molecule has 2 nitrogen and oxygen atoms in total. The number of fused-ring (bicyclic) bond motifs is 9. The second-order valence-corrected chi connectivity index (χ2v) is 18.1. The lowest BCUT2D eigenvalue weighted by Crippen LogP contribution is -2.32. The number of benzene rings is 10. The molecule has 0 radical (unpaired) electrons. The third-order valence-electron chi connectivity index (χ3n) is 14.0. The quantitative estimate of drug-likeness (QED) is 0.160. The number of para-hydroxylation sites is 2. The second kappa shape index (κ2) is 13.5. The number of rotatable bonds is 5. The summed E-state index contributed by atoms with van der Waals surface area (Å²) >= 11 is 0. The van der Waals surface area contributed by atoms with Gasteiger partial charge in [-0.15, -0.1) is 0 Å². The molecule has 1 heterocycles. The molecule has 0 unspecified atom stereocenters. The van der Waals surface area contributed by atoms with E-state index >= 15 is 0 Å². The summed E-state index contributed by atoms with van der Waals surface area (Å²) in [6.07, 6.45) is 0. The molecule has 0 saturated heterocycles. The van der Waals surface area contributed by atoms with Gasteiger partial charge in [-0.05, 0) is 120 Å². The summed E-state index contributed by atoms with van der Waals surface area (Å²) in [5.41, 5.74) is 16.9. The van der Waals surface area contributed by atoms with Gasteiger partial charge in [-0.1, -0.05) is 185 Å². The summed E-state index contributed by atoms with van der Waals surface area (Å²) in [6, 6.07) is 76.8. The lowest BCUT2D eigenvalue weighted by molar-refractivity contribution is 0.634. The fourth-order valence-corrected chi connectivity index (χ4v) is 11.1. The summed E-state index contributed by atoms with van der Waals surface area (Å²) in [7, 11) is 0. The van der Waals surface area contributed by atoms with Gasteiger partial charge in [0.05, 0.1) is 22.7 Å². The first-order valence-corrected chi connectivity index (χ1v) is 21.9. The molecule has 2 aliphatic rings. The molecule has 0 fully saturated rings. The van der Waals surface area contributed by atoms with E-state index in [1.165, 1.54) is 88.2 Å². The van der Waals surface area contributed by atoms with Crippen molar-refractivity contribution in [2.24, 2.45) is 0 Å². The first-order valence-electron chi connectivity index (χ1n) is 21.9. The smallest absolute Gasteiger partial charge is 0.0781 e. The maximum Gasteiger partial charge on any atom is 0.0781 e. The third-order valence-corrected chi connectivity index (χ3v) is 14.0. The molecule has 1 aliphatic carbocycles. The Labute approximate surface area is 364 Å². The number of hydrogen-bond acceptors (Lipinski definition) is 2. The van der Waals surface area contributed by atoms with E-state index in [1.807, 2.05) is 0 Å². The van der Waals surface area contributed by atoms with Crippen LogP contribution in [0.5, 0.6) is 0 Å². The van der Waals surface area contributed by atoms with E-state index in [4.69, 9.17) is 0 Å². The van der Waals surface area contributed by atoms with Crippen LogP contribution in [0.25, 0.3) is 54.6 Å². The van der Waals surface area contributed by atoms with Crippen LogP contribution in [0.15, 0.2) is 206 Å². The van der Waals surface area contributed by atoms with Crippen LogP contribution < -0.4 is 9.80 Å². The second-order valence-electron chi connectivity index (χ2n) is 18.1. The number of nitrogens with zero attached hydrogens (tertiary/aromatic N) is 2. The van der Waals surface area contributed by atoms with Crippen LogP contribution in [0.4, 0.5) is 34.1 Å². The Morgan fingerprint density at radius 1 is 0.355 bits per heavy atom. The van der Waals surface area contributed by atoms with E-state index in [1.54, 1.807) is 0 Å². The minimum Gasteiger partial charge on any atom is -0.308 e. The Balaban J connectivity index is 1.16. The van der Waals surface area contributed by atoms with Gasteiger partial charge in [-0.25, -0.2) is 0 Å². The zero-order valence-electron chi connectivity index (χ0n) is 35.5. The maximum atomic E-state index is 2.59. The topological polar surface area (TPSA) is 6.48 Å². The van der Waals surface area contributed by atoms with Crippen LogP contribution in [-0.4, -0.2) is 0 Å². The molecular formula is C60H46N2. The Morgan fingerprint density at radius 2 is 0.968 bits per heavy atom. The highest BCUT2D eigenvalue weighted by Gasteiger charge is 2.41. The molecule has 62 heavy (non-hydrogen) atoms. The molecule has 1 aliphatic heterocycles. The van der Waals surface area contributed by atoms with Gasteiger partial charge in [-0.2, -0.15) is 0 Å². The van der Waals surface area contributed by atoms with Gasteiger partial charge in [0.25, 0.3) is 0 Å². The van der Waals surface area contributed by atoms with Crippen LogP contribution in [0.1, 0.15) is 49.9 Å². The monoisotopic (exact) mass is 794 g/mol. The highest BCUT2D eigenvalue weighted by atomic mass is 15.2. The number of anilines is 6. The molecule has 2 heteroatoms. The molecule has 296 valence electrons. The highest BCUT2D eigenvalue weighted by molar-refractivity contribution is 6.15. The summed E-state index contributed by atoms with van der Waals surface area (Å²) in [6.45, 7) is 9.57. The van der Waals surface area contributed by atoms with E-state index in [0.717, 1.165) is 22.7 Å². The van der Waals surface area contributed by atoms with Gasteiger partial charge >= 0.3 is 0 Å². The largest absolute Gasteiger partial charge is 0.308 e. The highest BCUT2D eigenvalue weighted by Crippen LogP contribution is 2.59. The fourth-order valence-electron chi connectivity index (χ4n) is 11.1. The van der Waals surface area contributed by atoms with E-state index in [9.17, 15) is 0 Å². The van der Waals surface area contributed by atoms with Crippen molar-refractivity contribution in [3.05, 3.63) is 229 Å². The molecule has 0 spiro atoms. The zero-order valence-corrected chi connectivity index (χ0v) is 35.5. The lowest BCUT2D eigenvalue weighted by Gasteiger charge is -2.44. The average Bonchev–Trinajstić information content (AvgIpc) is 3.54. The van der Waals surface area contributed by atoms with Crippen molar-refractivity contribution in [1.82, 2.24) is 0 Å². The maximum absolute atomic E-state index is 2.59. The normalized spacial score (nSPS) is 14.4. The predicted molar refractivity (Wildman–Crippen MR) is 263 cm³/mol. The van der Waals surface area contributed by atoms with E-state index < -0.39 is 0 Å². The molecule has 0 amide bonds. The summed E-state index contributed by atoms with van der Waals surface area (Å²) in [4.78, 5) is 5.08. The Morgan fingerprint density at radius 3 is 1.79 bits per heavy atom. The minimum absolute atomic E-state index is 0.143. The Hall–Kier alpha value is -7.42. The van der Waals surface area contributed by atoms with Crippen molar-refractivity contribution in [3.8, 4) is 22.3 Å². The first-order chi connectivity index (χ1) is 30.3. The van der Waals surface area contributed by atoms with Crippen molar-refractivity contribution < 1.29 is 0 Å². The standard InChI is InChI=1S/C60H46N2/c1-59(2)51-29-15-14-27-47(51)48-35-34-42(38-53(48)59)61(41-21-6-5-7-22-41)56-36-33-39-19-8-11-24-44(39)58(56)62-54-31-17-16-30-52(54)60(3,4)57-49(28-18-32-55(57)62)50-37-40-20-9-10-23-43(40)45-25-12-13-26-46(45)50/h5-38H,1-4H3. The molecular weight excluding hydrogens is 749 g/mol. The SMILES string of the molecule is CC1(C)c2ccccc2-c2ccc(N(c3ccccc3)c3ccc4ccccc4c3N3c4ccccc4C(C)(C)c4c(-c5cc6ccccc6c6ccccc56)cccc43)cc21. The van der Waals surface area contributed by atoms with Gasteiger partial charge in [0.1, 0.15) is 0 Å². The van der Waals surface area contributed by atoms with E-state index in [-0.39, 0.29) is 10.8 Å². The van der Waals surface area contributed by atoms with Crippen LogP contribution in [0.3, 0.4) is 0 Å². The van der Waals surface area contributed by atoms with Crippen molar-refractivity contribution in [3.63, 3.8) is 0 Å². The van der Waals surface area contributed by atoms with Crippen LogP contribution in [0.2, 0.25) is 0 Å². The molecule has 12 rings (SSSR count). The van der Waals surface area contributed by atoms with Crippen LogP contribution >= 0.6 is 0 Å². The Bertz CT molecular complexity index is 3430. The van der Waals surface area contributed by atoms with Gasteiger partial charge in [0.2, 0.25) is 0 Å². The van der Waals surface area contributed by atoms with Crippen molar-refractivity contribution in [2.75, 3.05) is 9.80 Å². The van der Waals surface area contributed by atoms with Gasteiger partial charge in [-0.3, -0.25) is 0 Å². The summed E-state index contributed by atoms with van der Waals surface area (Å²) in [5.74, 6) is 0. The molecule has 10 aromatic carbocycles. The predicted octanol–water partition coefficient (Wildman–Crippen LogP) is 16.7. The van der Waals surface area contributed by atoms with Gasteiger partial charge < -0.3 is 9.80 Å². The molecule has 0 saturated carbocycles. The molecule has 0 atom stereocenters. The number of hydrogen-bond donors (Lipinski definition) is 0. The van der Waals surface area contributed by atoms with Crippen LogP contribution in [-0.2, 0) is 10.8 Å². The zero-order chi connectivity index (χ0) is 41.7. The molecule has 0 aromatic heterocycles.